The summed E-state index contributed by atoms with van der Waals surface area (Å²) in [5.74, 6) is -0.220. The van der Waals surface area contributed by atoms with E-state index in [-0.39, 0.29) is 35.4 Å². The second kappa shape index (κ2) is 8.65. The molecule has 0 spiro atoms. The average molecular weight is 390 g/mol. The largest absolute Gasteiger partial charge is 0.345 e. The Bertz CT molecular complexity index is 882. The first-order chi connectivity index (χ1) is 12.7. The highest BCUT2D eigenvalue weighted by Crippen LogP contribution is 2.17. The van der Waals surface area contributed by atoms with Crippen LogP contribution in [0.5, 0.6) is 0 Å². The van der Waals surface area contributed by atoms with Gasteiger partial charge in [-0.25, -0.2) is 13.1 Å². The topological polar surface area (TPSA) is 101 Å². The van der Waals surface area contributed by atoms with E-state index in [4.69, 9.17) is 5.73 Å². The summed E-state index contributed by atoms with van der Waals surface area (Å²) in [5, 5.41) is 2.92. The molecule has 0 aliphatic heterocycles. The Balaban J connectivity index is 2.17. The summed E-state index contributed by atoms with van der Waals surface area (Å²) >= 11 is 0. The summed E-state index contributed by atoms with van der Waals surface area (Å²) in [4.78, 5) is 12.6. The van der Waals surface area contributed by atoms with Gasteiger partial charge in [-0.3, -0.25) is 4.79 Å². The molecule has 0 aliphatic rings. The second-order valence-electron chi connectivity index (χ2n) is 7.07. The van der Waals surface area contributed by atoms with Crippen molar-refractivity contribution in [1.82, 2.24) is 10.0 Å². The minimum atomic E-state index is -3.73. The van der Waals surface area contributed by atoms with E-state index in [9.17, 15) is 13.2 Å². The molecule has 0 aromatic heterocycles. The van der Waals surface area contributed by atoms with Gasteiger partial charge in [-0.15, -0.1) is 0 Å². The van der Waals surface area contributed by atoms with Gasteiger partial charge in [0.15, 0.2) is 0 Å². The van der Waals surface area contributed by atoms with Crippen molar-refractivity contribution in [3.63, 3.8) is 0 Å². The molecule has 146 valence electrons. The van der Waals surface area contributed by atoms with E-state index < -0.39 is 15.6 Å². The summed E-state index contributed by atoms with van der Waals surface area (Å²) in [6, 6.07) is 15.2. The SMILES string of the molecule is CC(C)C(C)(CN)NC(=O)c1cccc(S(=O)(=O)NCc2ccccc2)c1. The van der Waals surface area contributed by atoms with Crippen LogP contribution in [-0.4, -0.2) is 26.4 Å². The van der Waals surface area contributed by atoms with Crippen molar-refractivity contribution < 1.29 is 13.2 Å². The van der Waals surface area contributed by atoms with E-state index >= 15 is 0 Å². The van der Waals surface area contributed by atoms with Crippen LogP contribution < -0.4 is 15.8 Å². The molecule has 27 heavy (non-hydrogen) atoms. The molecule has 0 bridgehead atoms. The fourth-order valence-corrected chi connectivity index (χ4v) is 3.49. The van der Waals surface area contributed by atoms with Gasteiger partial charge in [0.2, 0.25) is 10.0 Å². The summed E-state index contributed by atoms with van der Waals surface area (Å²) in [5.41, 5.74) is 6.36. The van der Waals surface area contributed by atoms with Crippen molar-refractivity contribution in [2.45, 2.75) is 37.8 Å². The lowest BCUT2D eigenvalue weighted by atomic mass is 9.88. The molecule has 0 saturated carbocycles. The van der Waals surface area contributed by atoms with Crippen LogP contribution in [0.1, 0.15) is 36.7 Å². The molecule has 1 amide bonds. The number of benzene rings is 2. The monoisotopic (exact) mass is 389 g/mol. The number of amides is 1. The Kier molecular flexibility index (Phi) is 6.75. The Morgan fingerprint density at radius 3 is 2.37 bits per heavy atom. The van der Waals surface area contributed by atoms with Crippen LogP contribution in [0.2, 0.25) is 0 Å². The fraction of sp³-hybridized carbons (Fsp3) is 0.350. The predicted octanol–water partition coefficient (Wildman–Crippen LogP) is 2.27. The molecule has 0 aliphatic carbocycles. The zero-order chi connectivity index (χ0) is 20.1. The van der Waals surface area contributed by atoms with E-state index in [0.29, 0.717) is 0 Å². The van der Waals surface area contributed by atoms with Crippen LogP contribution in [0.3, 0.4) is 0 Å². The van der Waals surface area contributed by atoms with Gasteiger partial charge in [0.1, 0.15) is 0 Å². The molecule has 2 rings (SSSR count). The Morgan fingerprint density at radius 1 is 1.11 bits per heavy atom. The standard InChI is InChI=1S/C20H27N3O3S/c1-15(2)20(3,14-21)23-19(24)17-10-7-11-18(12-17)27(25,26)22-13-16-8-5-4-6-9-16/h4-12,15,22H,13-14,21H2,1-3H3,(H,23,24). The first-order valence-corrected chi connectivity index (χ1v) is 10.3. The van der Waals surface area contributed by atoms with Crippen molar-refractivity contribution in [3.8, 4) is 0 Å². The molecule has 2 aromatic carbocycles. The number of sulfonamides is 1. The number of hydrogen-bond acceptors (Lipinski definition) is 4. The smallest absolute Gasteiger partial charge is 0.251 e. The molecule has 0 radical (unpaired) electrons. The van der Waals surface area contributed by atoms with E-state index in [1.165, 1.54) is 12.1 Å². The fourth-order valence-electron chi connectivity index (χ4n) is 2.42. The van der Waals surface area contributed by atoms with E-state index in [1.54, 1.807) is 12.1 Å². The number of nitrogens with two attached hydrogens (primary N) is 1. The van der Waals surface area contributed by atoms with Crippen LogP contribution in [0.15, 0.2) is 59.5 Å². The zero-order valence-electron chi connectivity index (χ0n) is 15.9. The van der Waals surface area contributed by atoms with Gasteiger partial charge in [-0.05, 0) is 36.6 Å². The molecule has 0 heterocycles. The maximum absolute atomic E-state index is 12.6. The normalized spacial score (nSPS) is 14.0. The third-order valence-electron chi connectivity index (χ3n) is 4.81. The lowest BCUT2D eigenvalue weighted by Crippen LogP contribution is -2.55. The molecule has 2 aromatic rings. The van der Waals surface area contributed by atoms with Crippen LogP contribution in [-0.2, 0) is 16.6 Å². The quantitative estimate of drug-likeness (QED) is 0.644. The predicted molar refractivity (Wildman–Crippen MR) is 107 cm³/mol. The third-order valence-corrected chi connectivity index (χ3v) is 6.21. The zero-order valence-corrected chi connectivity index (χ0v) is 16.7. The third kappa shape index (κ3) is 5.38. The highest BCUT2D eigenvalue weighted by molar-refractivity contribution is 7.89. The average Bonchev–Trinajstić information content (AvgIpc) is 2.67. The number of carbonyl (C=O) groups is 1. The van der Waals surface area contributed by atoms with Gasteiger partial charge in [0, 0.05) is 18.7 Å². The molecular formula is C20H27N3O3S. The lowest BCUT2D eigenvalue weighted by molar-refractivity contribution is 0.0883. The maximum Gasteiger partial charge on any atom is 0.251 e. The Morgan fingerprint density at radius 2 is 1.78 bits per heavy atom. The van der Waals surface area contributed by atoms with Crippen LogP contribution >= 0.6 is 0 Å². The highest BCUT2D eigenvalue weighted by Gasteiger charge is 2.29. The summed E-state index contributed by atoms with van der Waals surface area (Å²) in [6.07, 6.45) is 0. The van der Waals surface area contributed by atoms with Crippen molar-refractivity contribution in [2.75, 3.05) is 6.54 Å². The van der Waals surface area contributed by atoms with E-state index in [0.717, 1.165) is 5.56 Å². The van der Waals surface area contributed by atoms with Gasteiger partial charge < -0.3 is 11.1 Å². The van der Waals surface area contributed by atoms with Crippen molar-refractivity contribution in [2.24, 2.45) is 11.7 Å². The first-order valence-electron chi connectivity index (χ1n) is 8.84. The lowest BCUT2D eigenvalue weighted by Gasteiger charge is -2.33. The Hall–Kier alpha value is -2.22. The molecule has 4 N–H and O–H groups in total. The molecule has 1 unspecified atom stereocenters. The number of carbonyl (C=O) groups excluding carboxylic acids is 1. The molecule has 0 saturated heterocycles. The van der Waals surface area contributed by atoms with Crippen molar-refractivity contribution in [3.05, 3.63) is 65.7 Å². The van der Waals surface area contributed by atoms with Gasteiger partial charge in [0.05, 0.1) is 10.4 Å². The highest BCUT2D eigenvalue weighted by atomic mass is 32.2. The van der Waals surface area contributed by atoms with Crippen molar-refractivity contribution >= 4 is 15.9 Å². The van der Waals surface area contributed by atoms with Gasteiger partial charge in [-0.1, -0.05) is 50.2 Å². The first kappa shape index (κ1) is 21.1. The summed E-state index contributed by atoms with van der Waals surface area (Å²) in [6.45, 7) is 6.28. The maximum atomic E-state index is 12.6. The summed E-state index contributed by atoms with van der Waals surface area (Å²) in [7, 11) is -3.73. The van der Waals surface area contributed by atoms with E-state index in [2.05, 4.69) is 10.0 Å². The van der Waals surface area contributed by atoms with Crippen LogP contribution in [0.25, 0.3) is 0 Å². The number of rotatable bonds is 8. The van der Waals surface area contributed by atoms with Gasteiger partial charge in [-0.2, -0.15) is 0 Å². The second-order valence-corrected chi connectivity index (χ2v) is 8.84. The van der Waals surface area contributed by atoms with Crippen LogP contribution in [0, 0.1) is 5.92 Å². The van der Waals surface area contributed by atoms with Crippen molar-refractivity contribution in [1.29, 1.82) is 0 Å². The molecule has 7 heteroatoms. The minimum absolute atomic E-state index is 0.0464. The molecule has 6 nitrogen and oxygen atoms in total. The number of hydrogen-bond donors (Lipinski definition) is 3. The van der Waals surface area contributed by atoms with Crippen LogP contribution in [0.4, 0.5) is 0 Å². The summed E-state index contributed by atoms with van der Waals surface area (Å²) < 4.78 is 27.7. The number of nitrogens with one attached hydrogen (secondary N) is 2. The minimum Gasteiger partial charge on any atom is -0.345 e. The van der Waals surface area contributed by atoms with E-state index in [1.807, 2.05) is 51.1 Å². The van der Waals surface area contributed by atoms with Gasteiger partial charge >= 0.3 is 0 Å². The molecule has 0 fully saturated rings. The Labute approximate surface area is 161 Å². The van der Waals surface area contributed by atoms with Gasteiger partial charge in [0.25, 0.3) is 5.91 Å². The molecular weight excluding hydrogens is 362 g/mol. The molecule has 1 atom stereocenters.